The predicted octanol–water partition coefficient (Wildman–Crippen LogP) is 6.09. The van der Waals surface area contributed by atoms with Crippen molar-refractivity contribution in [2.45, 2.75) is 53.1 Å². The van der Waals surface area contributed by atoms with Crippen LogP contribution in [0, 0.1) is 6.92 Å². The van der Waals surface area contributed by atoms with Gasteiger partial charge in [-0.15, -0.1) is 11.3 Å². The van der Waals surface area contributed by atoms with E-state index in [2.05, 4.69) is 32.9 Å². The van der Waals surface area contributed by atoms with E-state index in [-0.39, 0.29) is 18.4 Å². The van der Waals surface area contributed by atoms with Crippen molar-refractivity contribution in [1.29, 1.82) is 0 Å². The summed E-state index contributed by atoms with van der Waals surface area (Å²) in [7, 11) is 0. The van der Waals surface area contributed by atoms with E-state index in [0.717, 1.165) is 29.7 Å². The normalized spacial score (nSPS) is 10.8. The van der Waals surface area contributed by atoms with Crippen molar-refractivity contribution in [2.24, 2.45) is 0 Å². The van der Waals surface area contributed by atoms with Crippen LogP contribution in [0.4, 0.5) is 0 Å². The summed E-state index contributed by atoms with van der Waals surface area (Å²) in [6, 6.07) is 21.9. The maximum absolute atomic E-state index is 13.5. The molecule has 2 amide bonds. The lowest BCUT2D eigenvalue weighted by Crippen LogP contribution is -2.42. The van der Waals surface area contributed by atoms with Crippen molar-refractivity contribution in [3.05, 3.63) is 93.2 Å². The van der Waals surface area contributed by atoms with Crippen molar-refractivity contribution < 1.29 is 9.59 Å². The molecule has 33 heavy (non-hydrogen) atoms. The van der Waals surface area contributed by atoms with Gasteiger partial charge < -0.3 is 9.80 Å². The number of benzene rings is 2. The molecule has 0 saturated carbocycles. The number of hydrogen-bond donors (Lipinski definition) is 0. The second-order valence-electron chi connectivity index (χ2n) is 8.38. The van der Waals surface area contributed by atoms with Crippen LogP contribution >= 0.6 is 11.3 Å². The molecule has 0 N–H and O–H groups in total. The maximum atomic E-state index is 13.5. The molecule has 0 atom stereocenters. The number of rotatable bonds is 11. The summed E-state index contributed by atoms with van der Waals surface area (Å²) >= 11 is 1.71. The average Bonchev–Trinajstić information content (AvgIpc) is 3.26. The fourth-order valence-corrected chi connectivity index (χ4v) is 4.63. The van der Waals surface area contributed by atoms with Crippen LogP contribution in [0.2, 0.25) is 0 Å². The van der Waals surface area contributed by atoms with E-state index in [1.165, 1.54) is 10.4 Å². The molecule has 0 aliphatic heterocycles. The first-order valence-corrected chi connectivity index (χ1v) is 12.6. The van der Waals surface area contributed by atoms with E-state index in [9.17, 15) is 9.59 Å². The van der Waals surface area contributed by atoms with Gasteiger partial charge in [0.05, 0.1) is 6.54 Å². The van der Waals surface area contributed by atoms with E-state index in [1.54, 1.807) is 16.2 Å². The zero-order chi connectivity index (χ0) is 23.6. The standard InChI is InChI=1S/C28H34N2O2S/c1-4-6-18-29(28(32)25-15-13-23(5-2)14-16-25)21-27(31)30(19-24-10-8-7-9-11-24)20-26-17-12-22(3)33-26/h7-17H,4-6,18-21H2,1-3H3. The van der Waals surface area contributed by atoms with Gasteiger partial charge in [0.25, 0.3) is 5.91 Å². The topological polar surface area (TPSA) is 40.6 Å². The largest absolute Gasteiger partial charge is 0.332 e. The highest BCUT2D eigenvalue weighted by Gasteiger charge is 2.23. The molecule has 5 heteroatoms. The number of unbranched alkanes of at least 4 members (excludes halogenated alkanes) is 1. The summed E-state index contributed by atoms with van der Waals surface area (Å²) in [6.45, 7) is 8.01. The van der Waals surface area contributed by atoms with E-state index in [4.69, 9.17) is 0 Å². The van der Waals surface area contributed by atoms with Crippen molar-refractivity contribution >= 4 is 23.2 Å². The second kappa shape index (κ2) is 12.4. The molecule has 0 aliphatic rings. The Morgan fingerprint density at radius 2 is 1.55 bits per heavy atom. The van der Waals surface area contributed by atoms with Crippen LogP contribution in [0.1, 0.15) is 57.9 Å². The molecule has 0 radical (unpaired) electrons. The zero-order valence-electron chi connectivity index (χ0n) is 19.9. The van der Waals surface area contributed by atoms with Crippen molar-refractivity contribution in [3.63, 3.8) is 0 Å². The summed E-state index contributed by atoms with van der Waals surface area (Å²) < 4.78 is 0. The monoisotopic (exact) mass is 462 g/mol. The first kappa shape index (κ1) is 24.7. The fourth-order valence-electron chi connectivity index (χ4n) is 3.72. The lowest BCUT2D eigenvalue weighted by atomic mass is 10.1. The Morgan fingerprint density at radius 3 is 2.15 bits per heavy atom. The Bertz CT molecular complexity index is 1030. The van der Waals surface area contributed by atoms with Gasteiger partial charge >= 0.3 is 0 Å². The molecule has 0 unspecified atom stereocenters. The lowest BCUT2D eigenvalue weighted by molar-refractivity contribution is -0.133. The van der Waals surface area contributed by atoms with Crippen LogP contribution in [-0.4, -0.2) is 34.7 Å². The molecular weight excluding hydrogens is 428 g/mol. The Balaban J connectivity index is 1.79. The van der Waals surface area contributed by atoms with Gasteiger partial charge in [-0.25, -0.2) is 0 Å². The molecule has 0 aliphatic carbocycles. The van der Waals surface area contributed by atoms with Gasteiger partial charge in [-0.2, -0.15) is 0 Å². The summed E-state index contributed by atoms with van der Waals surface area (Å²) in [5.41, 5.74) is 2.92. The van der Waals surface area contributed by atoms with Gasteiger partial charge in [-0.1, -0.05) is 62.7 Å². The van der Waals surface area contributed by atoms with Gasteiger partial charge in [-0.3, -0.25) is 9.59 Å². The molecule has 3 aromatic rings. The van der Waals surface area contributed by atoms with E-state index < -0.39 is 0 Å². The Labute approximate surface area is 201 Å². The molecule has 4 nitrogen and oxygen atoms in total. The summed E-state index contributed by atoms with van der Waals surface area (Å²) in [6.07, 6.45) is 2.77. The highest BCUT2D eigenvalue weighted by Crippen LogP contribution is 2.19. The predicted molar refractivity (Wildman–Crippen MR) is 136 cm³/mol. The van der Waals surface area contributed by atoms with Gasteiger partial charge in [0.1, 0.15) is 6.54 Å². The summed E-state index contributed by atoms with van der Waals surface area (Å²) in [5, 5.41) is 0. The average molecular weight is 463 g/mol. The first-order valence-electron chi connectivity index (χ1n) is 11.7. The lowest BCUT2D eigenvalue weighted by Gasteiger charge is -2.28. The number of nitrogens with zero attached hydrogens (tertiary/aromatic N) is 2. The smallest absolute Gasteiger partial charge is 0.254 e. The fraction of sp³-hybridized carbons (Fsp3) is 0.357. The van der Waals surface area contributed by atoms with E-state index in [1.807, 2.05) is 59.5 Å². The summed E-state index contributed by atoms with van der Waals surface area (Å²) in [4.78, 5) is 32.8. The molecule has 1 aromatic heterocycles. The molecule has 0 saturated heterocycles. The number of hydrogen-bond acceptors (Lipinski definition) is 3. The van der Waals surface area contributed by atoms with Crippen molar-refractivity contribution in [3.8, 4) is 0 Å². The van der Waals surface area contributed by atoms with Crippen LogP contribution in [0.15, 0.2) is 66.7 Å². The number of carbonyl (C=O) groups is 2. The first-order chi connectivity index (χ1) is 16.0. The van der Waals surface area contributed by atoms with Crippen molar-refractivity contribution in [2.75, 3.05) is 13.1 Å². The van der Waals surface area contributed by atoms with Crippen LogP contribution in [0.25, 0.3) is 0 Å². The molecule has 1 heterocycles. The maximum Gasteiger partial charge on any atom is 0.254 e. The quantitative estimate of drug-likeness (QED) is 0.346. The third kappa shape index (κ3) is 7.29. The SMILES string of the molecule is CCCCN(CC(=O)N(Cc1ccccc1)Cc1ccc(C)s1)C(=O)c1ccc(CC)cc1. The number of amides is 2. The van der Waals surface area contributed by atoms with E-state index in [0.29, 0.717) is 25.2 Å². The van der Waals surface area contributed by atoms with Gasteiger partial charge in [0.2, 0.25) is 5.91 Å². The van der Waals surface area contributed by atoms with Gasteiger partial charge in [0.15, 0.2) is 0 Å². The van der Waals surface area contributed by atoms with Crippen LogP contribution < -0.4 is 0 Å². The summed E-state index contributed by atoms with van der Waals surface area (Å²) in [5.74, 6) is -0.106. The third-order valence-corrected chi connectivity index (χ3v) is 6.70. The van der Waals surface area contributed by atoms with Crippen LogP contribution in [-0.2, 0) is 24.3 Å². The number of aryl methyl sites for hydroxylation is 2. The number of carbonyl (C=O) groups excluding carboxylic acids is 2. The minimum atomic E-state index is -0.0777. The molecule has 3 rings (SSSR count). The molecule has 0 bridgehead atoms. The molecule has 174 valence electrons. The molecule has 0 spiro atoms. The minimum Gasteiger partial charge on any atom is -0.332 e. The Hall–Kier alpha value is -2.92. The van der Waals surface area contributed by atoms with Gasteiger partial charge in [-0.05, 0) is 55.2 Å². The van der Waals surface area contributed by atoms with E-state index >= 15 is 0 Å². The number of thiophene rings is 1. The van der Waals surface area contributed by atoms with Crippen LogP contribution in [0.5, 0.6) is 0 Å². The van der Waals surface area contributed by atoms with Crippen LogP contribution in [0.3, 0.4) is 0 Å². The second-order valence-corrected chi connectivity index (χ2v) is 9.75. The molecule has 0 fully saturated rings. The highest BCUT2D eigenvalue weighted by atomic mass is 32.1. The van der Waals surface area contributed by atoms with Gasteiger partial charge in [0, 0.05) is 28.4 Å². The van der Waals surface area contributed by atoms with Crippen molar-refractivity contribution in [1.82, 2.24) is 9.80 Å². The highest BCUT2D eigenvalue weighted by molar-refractivity contribution is 7.11. The minimum absolute atomic E-state index is 0.0282. The third-order valence-electron chi connectivity index (χ3n) is 5.72. The Morgan fingerprint density at radius 1 is 0.818 bits per heavy atom. The Kier molecular flexibility index (Phi) is 9.25. The zero-order valence-corrected chi connectivity index (χ0v) is 20.7. The molecular formula is C28H34N2O2S. The molecule has 2 aromatic carbocycles.